The molecular formula is C20H34NO2+. The summed E-state index contributed by atoms with van der Waals surface area (Å²) in [4.78, 5) is 0. The average Bonchev–Trinajstić information content (AvgIpc) is 2.53. The van der Waals surface area contributed by atoms with Crippen molar-refractivity contribution in [1.82, 2.24) is 0 Å². The molecule has 0 amide bonds. The maximum absolute atomic E-state index is 5.96. The van der Waals surface area contributed by atoms with Gasteiger partial charge in [-0.1, -0.05) is 19.8 Å². The van der Waals surface area contributed by atoms with E-state index in [1.54, 1.807) is 0 Å². The zero-order valence-corrected chi connectivity index (χ0v) is 15.1. The van der Waals surface area contributed by atoms with Gasteiger partial charge in [-0.15, -0.1) is 0 Å². The molecule has 0 N–H and O–H groups in total. The summed E-state index contributed by atoms with van der Waals surface area (Å²) >= 11 is 0. The Morgan fingerprint density at radius 1 is 0.826 bits per heavy atom. The van der Waals surface area contributed by atoms with Crippen molar-refractivity contribution >= 4 is 0 Å². The van der Waals surface area contributed by atoms with Crippen LogP contribution in [-0.2, 0) is 0 Å². The number of rotatable bonds is 8. The van der Waals surface area contributed by atoms with E-state index >= 15 is 0 Å². The zero-order valence-electron chi connectivity index (χ0n) is 15.1. The van der Waals surface area contributed by atoms with E-state index in [4.69, 9.17) is 9.47 Å². The van der Waals surface area contributed by atoms with Crippen molar-refractivity contribution in [3.8, 4) is 11.5 Å². The van der Waals surface area contributed by atoms with E-state index in [9.17, 15) is 0 Å². The summed E-state index contributed by atoms with van der Waals surface area (Å²) in [5.74, 6) is 1.89. The summed E-state index contributed by atoms with van der Waals surface area (Å²) in [6.45, 7) is 7.48. The molecule has 0 saturated carbocycles. The fourth-order valence-corrected chi connectivity index (χ4v) is 3.20. The van der Waals surface area contributed by atoms with Gasteiger partial charge in [-0.05, 0) is 56.4 Å². The zero-order chi connectivity index (χ0) is 16.4. The standard InChI is InChI=1S/C20H34NO2/c1-3-4-17-22-19-10-12-20(13-11-19)23-18-16-21(2)14-8-6-5-7-9-15-21/h10-13H,3-9,14-18H2,1-2H3/q+1. The Morgan fingerprint density at radius 3 is 1.91 bits per heavy atom. The topological polar surface area (TPSA) is 18.5 Å². The number of hydrogen-bond donors (Lipinski definition) is 0. The number of unbranched alkanes of at least 4 members (excludes halogenated alkanes) is 1. The van der Waals surface area contributed by atoms with Crippen LogP contribution in [0, 0.1) is 0 Å². The van der Waals surface area contributed by atoms with E-state index < -0.39 is 0 Å². The van der Waals surface area contributed by atoms with Gasteiger partial charge in [0.1, 0.15) is 24.7 Å². The normalized spacial score (nSPS) is 18.0. The maximum atomic E-state index is 5.96. The molecule has 3 nitrogen and oxygen atoms in total. The number of nitrogens with zero attached hydrogens (tertiary/aromatic N) is 1. The average molecular weight is 320 g/mol. The quantitative estimate of drug-likeness (QED) is 0.512. The molecule has 0 bridgehead atoms. The van der Waals surface area contributed by atoms with Gasteiger partial charge in [-0.2, -0.15) is 0 Å². The Hall–Kier alpha value is -1.22. The number of ether oxygens (including phenoxy) is 2. The summed E-state index contributed by atoms with van der Waals surface area (Å²) in [5, 5.41) is 0. The van der Waals surface area contributed by atoms with Gasteiger partial charge < -0.3 is 14.0 Å². The van der Waals surface area contributed by atoms with Gasteiger partial charge in [-0.25, -0.2) is 0 Å². The molecule has 23 heavy (non-hydrogen) atoms. The summed E-state index contributed by atoms with van der Waals surface area (Å²) < 4.78 is 12.8. The second-order valence-electron chi connectivity index (χ2n) is 7.08. The Kier molecular flexibility index (Phi) is 7.73. The molecule has 1 heterocycles. The molecule has 1 aliphatic rings. The Bertz CT molecular complexity index is 422. The second-order valence-corrected chi connectivity index (χ2v) is 7.08. The van der Waals surface area contributed by atoms with E-state index in [1.807, 2.05) is 24.3 Å². The molecule has 0 spiro atoms. The minimum absolute atomic E-state index is 0.798. The van der Waals surface area contributed by atoms with Gasteiger partial charge in [0.25, 0.3) is 0 Å². The Morgan fingerprint density at radius 2 is 1.35 bits per heavy atom. The van der Waals surface area contributed by atoms with Crippen molar-refractivity contribution in [2.24, 2.45) is 0 Å². The first-order valence-electron chi connectivity index (χ1n) is 9.41. The van der Waals surface area contributed by atoms with E-state index in [-0.39, 0.29) is 0 Å². The highest BCUT2D eigenvalue weighted by atomic mass is 16.5. The van der Waals surface area contributed by atoms with Gasteiger partial charge in [0.15, 0.2) is 0 Å². The summed E-state index contributed by atoms with van der Waals surface area (Å²) in [5.41, 5.74) is 0. The van der Waals surface area contributed by atoms with Gasteiger partial charge >= 0.3 is 0 Å². The molecular weight excluding hydrogens is 286 g/mol. The SMILES string of the molecule is CCCCOc1ccc(OCC[N+]2(C)CCCCCCC2)cc1. The van der Waals surface area contributed by atoms with Crippen LogP contribution in [-0.4, -0.2) is 44.4 Å². The Balaban J connectivity index is 1.72. The Labute approximate surface area is 142 Å². The lowest BCUT2D eigenvalue weighted by atomic mass is 10.1. The molecule has 3 heteroatoms. The minimum Gasteiger partial charge on any atom is -0.494 e. The van der Waals surface area contributed by atoms with Crippen molar-refractivity contribution in [3.05, 3.63) is 24.3 Å². The minimum atomic E-state index is 0.798. The monoisotopic (exact) mass is 320 g/mol. The van der Waals surface area contributed by atoms with E-state index in [0.29, 0.717) is 0 Å². The molecule has 1 aliphatic heterocycles. The highest BCUT2D eigenvalue weighted by Gasteiger charge is 2.22. The molecule has 1 saturated heterocycles. The third-order valence-electron chi connectivity index (χ3n) is 4.89. The molecule has 0 atom stereocenters. The maximum Gasteiger partial charge on any atom is 0.137 e. The molecule has 1 fully saturated rings. The van der Waals surface area contributed by atoms with Crippen LogP contribution < -0.4 is 9.47 Å². The summed E-state index contributed by atoms with van der Waals surface area (Å²) in [6.07, 6.45) is 9.21. The van der Waals surface area contributed by atoms with E-state index in [1.165, 1.54) is 45.2 Å². The molecule has 1 aromatic rings. The fraction of sp³-hybridized carbons (Fsp3) is 0.700. The van der Waals surface area contributed by atoms with Crippen LogP contribution in [0.4, 0.5) is 0 Å². The second kappa shape index (κ2) is 9.82. The lowest BCUT2D eigenvalue weighted by molar-refractivity contribution is -0.910. The number of quaternary nitrogens is 1. The fourth-order valence-electron chi connectivity index (χ4n) is 3.20. The molecule has 0 aromatic heterocycles. The third-order valence-corrected chi connectivity index (χ3v) is 4.89. The lowest BCUT2D eigenvalue weighted by Gasteiger charge is -2.35. The van der Waals surface area contributed by atoms with Crippen LogP contribution in [0.15, 0.2) is 24.3 Å². The van der Waals surface area contributed by atoms with Crippen LogP contribution in [0.5, 0.6) is 11.5 Å². The largest absolute Gasteiger partial charge is 0.494 e. The molecule has 1 aromatic carbocycles. The first kappa shape index (κ1) is 18.1. The number of likely N-dealkylation sites (tertiary alicyclic amines) is 1. The lowest BCUT2D eigenvalue weighted by Crippen LogP contribution is -2.48. The van der Waals surface area contributed by atoms with Crippen LogP contribution in [0.1, 0.15) is 51.9 Å². The van der Waals surface area contributed by atoms with E-state index in [0.717, 1.165) is 48.6 Å². The molecule has 130 valence electrons. The van der Waals surface area contributed by atoms with Crippen molar-refractivity contribution in [1.29, 1.82) is 0 Å². The van der Waals surface area contributed by atoms with Crippen LogP contribution >= 0.6 is 0 Å². The molecule has 2 rings (SSSR count). The predicted octanol–water partition coefficient (Wildman–Crippen LogP) is 4.66. The molecule has 0 unspecified atom stereocenters. The van der Waals surface area contributed by atoms with Crippen LogP contribution in [0.3, 0.4) is 0 Å². The van der Waals surface area contributed by atoms with Crippen molar-refractivity contribution < 1.29 is 14.0 Å². The van der Waals surface area contributed by atoms with Gasteiger partial charge in [-0.3, -0.25) is 0 Å². The highest BCUT2D eigenvalue weighted by Crippen LogP contribution is 2.19. The smallest absolute Gasteiger partial charge is 0.137 e. The van der Waals surface area contributed by atoms with Gasteiger partial charge in [0.05, 0.1) is 26.7 Å². The van der Waals surface area contributed by atoms with Crippen LogP contribution in [0.25, 0.3) is 0 Å². The van der Waals surface area contributed by atoms with Gasteiger partial charge in [0, 0.05) is 0 Å². The summed E-state index contributed by atoms with van der Waals surface area (Å²) in [6, 6.07) is 8.07. The van der Waals surface area contributed by atoms with Crippen molar-refractivity contribution in [3.63, 3.8) is 0 Å². The molecule has 0 aliphatic carbocycles. The van der Waals surface area contributed by atoms with E-state index in [2.05, 4.69) is 14.0 Å². The number of hydrogen-bond acceptors (Lipinski definition) is 2. The van der Waals surface area contributed by atoms with Crippen molar-refractivity contribution in [2.75, 3.05) is 39.9 Å². The van der Waals surface area contributed by atoms with Gasteiger partial charge in [0.2, 0.25) is 0 Å². The predicted molar refractivity (Wildman–Crippen MR) is 96.2 cm³/mol. The highest BCUT2D eigenvalue weighted by molar-refractivity contribution is 5.31. The summed E-state index contributed by atoms with van der Waals surface area (Å²) in [7, 11) is 2.39. The first-order valence-corrected chi connectivity index (χ1v) is 9.41. The van der Waals surface area contributed by atoms with Crippen LogP contribution in [0.2, 0.25) is 0 Å². The first-order chi connectivity index (χ1) is 11.2. The number of likely N-dealkylation sites (N-methyl/N-ethyl adjacent to an activating group) is 1. The number of benzene rings is 1. The third kappa shape index (κ3) is 6.82. The molecule has 0 radical (unpaired) electrons. The van der Waals surface area contributed by atoms with Crippen molar-refractivity contribution in [2.45, 2.75) is 51.9 Å².